The summed E-state index contributed by atoms with van der Waals surface area (Å²) in [4.78, 5) is 11.5. The molecule has 0 unspecified atom stereocenters. The molecule has 6 heteroatoms. The Morgan fingerprint density at radius 3 is 2.95 bits per heavy atom. The number of hydrogen-bond donors (Lipinski definition) is 2. The average molecular weight is 276 g/mol. The van der Waals surface area contributed by atoms with Gasteiger partial charge < -0.3 is 11.1 Å². The number of carbonyl (C=O) groups excluding carboxylic acids is 1. The molecule has 0 saturated heterocycles. The highest BCUT2D eigenvalue weighted by Crippen LogP contribution is 2.30. The Balaban J connectivity index is 2.21. The molecule has 0 atom stereocenters. The molecule has 5 nitrogen and oxygen atoms in total. The zero-order valence-electron chi connectivity index (χ0n) is 10.9. The van der Waals surface area contributed by atoms with E-state index >= 15 is 0 Å². The summed E-state index contributed by atoms with van der Waals surface area (Å²) in [5.74, 6) is -0.0329. The van der Waals surface area contributed by atoms with Crippen molar-refractivity contribution in [2.75, 3.05) is 11.1 Å². The molecule has 0 aliphatic heterocycles. The minimum atomic E-state index is -0.0329. The lowest BCUT2D eigenvalue weighted by Crippen LogP contribution is -2.10. The van der Waals surface area contributed by atoms with E-state index < -0.39 is 0 Å². The van der Waals surface area contributed by atoms with E-state index in [-0.39, 0.29) is 5.91 Å². The van der Waals surface area contributed by atoms with Crippen LogP contribution in [0.2, 0.25) is 0 Å². The molecule has 1 amide bonds. The number of aryl methyl sites for hydroxylation is 1. The number of nitrogen functional groups attached to an aromatic ring is 1. The summed E-state index contributed by atoms with van der Waals surface area (Å²) in [5.41, 5.74) is 8.50. The molecule has 19 heavy (non-hydrogen) atoms. The van der Waals surface area contributed by atoms with Gasteiger partial charge in [-0.3, -0.25) is 4.79 Å². The highest BCUT2D eigenvalue weighted by molar-refractivity contribution is 7.18. The first kappa shape index (κ1) is 13.5. The number of nitrogens with one attached hydrogen (secondary N) is 1. The number of rotatable bonds is 4. The van der Waals surface area contributed by atoms with Crippen molar-refractivity contribution in [2.45, 2.75) is 26.7 Å². The van der Waals surface area contributed by atoms with Crippen LogP contribution in [0.25, 0.3) is 10.6 Å². The van der Waals surface area contributed by atoms with Crippen molar-refractivity contribution in [1.82, 2.24) is 10.2 Å². The van der Waals surface area contributed by atoms with Gasteiger partial charge in [0.25, 0.3) is 0 Å². The Hall–Kier alpha value is -1.95. The van der Waals surface area contributed by atoms with Gasteiger partial charge in [-0.1, -0.05) is 24.3 Å². The maximum atomic E-state index is 11.5. The highest BCUT2D eigenvalue weighted by atomic mass is 32.1. The van der Waals surface area contributed by atoms with Crippen LogP contribution in [0.1, 0.15) is 25.3 Å². The molecule has 2 rings (SSSR count). The number of hydrogen-bond acceptors (Lipinski definition) is 5. The van der Waals surface area contributed by atoms with Crippen molar-refractivity contribution in [3.63, 3.8) is 0 Å². The summed E-state index contributed by atoms with van der Waals surface area (Å²) in [7, 11) is 0. The van der Waals surface area contributed by atoms with Gasteiger partial charge >= 0.3 is 0 Å². The molecule has 0 saturated carbocycles. The number of aromatic nitrogens is 2. The van der Waals surface area contributed by atoms with Crippen molar-refractivity contribution in [1.29, 1.82) is 0 Å². The zero-order valence-corrected chi connectivity index (χ0v) is 11.8. The lowest BCUT2D eigenvalue weighted by molar-refractivity contribution is -0.116. The third-order valence-electron chi connectivity index (χ3n) is 2.64. The molecule has 2 aromatic rings. The summed E-state index contributed by atoms with van der Waals surface area (Å²) in [6, 6.07) is 5.67. The van der Waals surface area contributed by atoms with Crippen LogP contribution < -0.4 is 11.1 Å². The molecule has 0 radical (unpaired) electrons. The Morgan fingerprint density at radius 2 is 2.21 bits per heavy atom. The predicted molar refractivity (Wildman–Crippen MR) is 78.0 cm³/mol. The molecule has 1 heterocycles. The first-order valence-corrected chi connectivity index (χ1v) is 6.91. The molecule has 0 aliphatic carbocycles. The summed E-state index contributed by atoms with van der Waals surface area (Å²) in [6.45, 7) is 3.95. The number of nitrogens with zero attached hydrogens (tertiary/aromatic N) is 2. The van der Waals surface area contributed by atoms with Crippen LogP contribution in [-0.2, 0) is 4.79 Å². The van der Waals surface area contributed by atoms with Gasteiger partial charge in [-0.2, -0.15) is 0 Å². The third kappa shape index (κ3) is 3.29. The largest absolute Gasteiger partial charge is 0.399 e. The molecule has 1 aromatic heterocycles. The predicted octanol–water partition coefficient (Wildman–Crippen LogP) is 2.83. The molecule has 1 aromatic carbocycles. The third-order valence-corrected chi connectivity index (χ3v) is 3.51. The van der Waals surface area contributed by atoms with E-state index in [1.165, 1.54) is 11.3 Å². The first-order valence-electron chi connectivity index (χ1n) is 6.10. The van der Waals surface area contributed by atoms with E-state index in [9.17, 15) is 4.79 Å². The maximum Gasteiger partial charge on any atom is 0.226 e. The van der Waals surface area contributed by atoms with Crippen LogP contribution in [-0.4, -0.2) is 16.1 Å². The van der Waals surface area contributed by atoms with Gasteiger partial charge in [-0.25, -0.2) is 0 Å². The van der Waals surface area contributed by atoms with E-state index in [0.29, 0.717) is 17.2 Å². The van der Waals surface area contributed by atoms with Gasteiger partial charge in [-0.15, -0.1) is 10.2 Å². The van der Waals surface area contributed by atoms with Gasteiger partial charge in [0.15, 0.2) is 0 Å². The summed E-state index contributed by atoms with van der Waals surface area (Å²) >= 11 is 1.35. The van der Waals surface area contributed by atoms with Crippen LogP contribution in [0.4, 0.5) is 10.8 Å². The van der Waals surface area contributed by atoms with Gasteiger partial charge in [-0.05, 0) is 31.0 Å². The fraction of sp³-hybridized carbons (Fsp3) is 0.308. The first-order chi connectivity index (χ1) is 9.10. The van der Waals surface area contributed by atoms with Crippen molar-refractivity contribution < 1.29 is 4.79 Å². The minimum Gasteiger partial charge on any atom is -0.399 e. The topological polar surface area (TPSA) is 80.9 Å². The second-order valence-corrected chi connectivity index (χ2v) is 5.26. The summed E-state index contributed by atoms with van der Waals surface area (Å²) in [5, 5.41) is 12.1. The Bertz CT molecular complexity index is 594. The Labute approximate surface area is 115 Å². The number of nitrogens with two attached hydrogens (primary N) is 1. The van der Waals surface area contributed by atoms with Gasteiger partial charge in [0, 0.05) is 17.7 Å². The second kappa shape index (κ2) is 5.79. The van der Waals surface area contributed by atoms with Crippen molar-refractivity contribution in [3.8, 4) is 10.6 Å². The van der Waals surface area contributed by atoms with Crippen molar-refractivity contribution >= 4 is 28.1 Å². The molecule has 0 fully saturated rings. The number of anilines is 2. The molecule has 0 spiro atoms. The van der Waals surface area contributed by atoms with E-state index in [0.717, 1.165) is 22.6 Å². The normalized spacial score (nSPS) is 10.4. The number of benzene rings is 1. The summed E-state index contributed by atoms with van der Waals surface area (Å²) < 4.78 is 0. The maximum absolute atomic E-state index is 11.5. The smallest absolute Gasteiger partial charge is 0.226 e. The molecular formula is C13H16N4OS. The van der Waals surface area contributed by atoms with Crippen LogP contribution in [0.5, 0.6) is 0 Å². The van der Waals surface area contributed by atoms with Crippen LogP contribution in [0, 0.1) is 6.92 Å². The van der Waals surface area contributed by atoms with E-state index in [4.69, 9.17) is 5.73 Å². The fourth-order valence-corrected chi connectivity index (χ4v) is 2.50. The van der Waals surface area contributed by atoms with Crippen molar-refractivity contribution in [2.24, 2.45) is 0 Å². The quantitative estimate of drug-likeness (QED) is 0.841. The second-order valence-electron chi connectivity index (χ2n) is 4.28. The Kier molecular flexibility index (Phi) is 4.11. The monoisotopic (exact) mass is 276 g/mol. The standard InChI is InChI=1S/C13H16N4OS/c1-3-4-11(18)15-13-17-16-12(19-13)10-7-9(14)6-5-8(10)2/h5-7H,3-4,14H2,1-2H3,(H,15,17,18). The SMILES string of the molecule is CCCC(=O)Nc1nnc(-c2cc(N)ccc2C)s1. The van der Waals surface area contributed by atoms with E-state index in [2.05, 4.69) is 15.5 Å². The lowest BCUT2D eigenvalue weighted by atomic mass is 10.1. The molecule has 0 bridgehead atoms. The fourth-order valence-electron chi connectivity index (χ4n) is 1.66. The number of carbonyl (C=O) groups is 1. The van der Waals surface area contributed by atoms with Gasteiger partial charge in [0.1, 0.15) is 5.01 Å². The van der Waals surface area contributed by atoms with Crippen molar-refractivity contribution in [3.05, 3.63) is 23.8 Å². The summed E-state index contributed by atoms with van der Waals surface area (Å²) in [6.07, 6.45) is 1.30. The lowest BCUT2D eigenvalue weighted by Gasteiger charge is -2.02. The zero-order chi connectivity index (χ0) is 13.8. The Morgan fingerprint density at radius 1 is 1.42 bits per heavy atom. The minimum absolute atomic E-state index is 0.0329. The van der Waals surface area contributed by atoms with Crippen LogP contribution >= 0.6 is 11.3 Å². The molecular weight excluding hydrogens is 260 g/mol. The molecule has 100 valence electrons. The van der Waals surface area contributed by atoms with E-state index in [1.807, 2.05) is 32.0 Å². The molecule has 0 aliphatic rings. The number of amides is 1. The van der Waals surface area contributed by atoms with Crippen LogP contribution in [0.15, 0.2) is 18.2 Å². The molecule has 3 N–H and O–H groups in total. The highest BCUT2D eigenvalue weighted by Gasteiger charge is 2.11. The van der Waals surface area contributed by atoms with Gasteiger partial charge in [0.2, 0.25) is 11.0 Å². The van der Waals surface area contributed by atoms with Crippen LogP contribution in [0.3, 0.4) is 0 Å². The van der Waals surface area contributed by atoms with Gasteiger partial charge in [0.05, 0.1) is 0 Å². The van der Waals surface area contributed by atoms with E-state index in [1.54, 1.807) is 0 Å². The average Bonchev–Trinajstić information content (AvgIpc) is 2.81.